The lowest BCUT2D eigenvalue weighted by molar-refractivity contribution is -0.140. The largest absolute Gasteiger partial charge is 0.480 e. The monoisotopic (exact) mass is 349 g/mol. The molecule has 0 aromatic heterocycles. The standard InChI is InChI=1S/C18H17Cl2NO2/c1-21(11-13-5-3-2-4-6-13)15-9-7-14(8-10-15)17(16(22)23)12-18(17,19)20/h2-10H,11-12H2,1H3,(H,22,23). The summed E-state index contributed by atoms with van der Waals surface area (Å²) in [4.78, 5) is 13.7. The number of carbonyl (C=O) groups is 1. The zero-order valence-electron chi connectivity index (χ0n) is 12.7. The lowest BCUT2D eigenvalue weighted by Gasteiger charge is -2.21. The van der Waals surface area contributed by atoms with Crippen LogP contribution >= 0.6 is 23.2 Å². The van der Waals surface area contributed by atoms with E-state index in [9.17, 15) is 9.90 Å². The SMILES string of the molecule is CN(Cc1ccccc1)c1ccc(C2(C(=O)O)CC2(Cl)Cl)cc1. The van der Waals surface area contributed by atoms with E-state index in [4.69, 9.17) is 23.2 Å². The molecule has 3 rings (SSSR count). The summed E-state index contributed by atoms with van der Waals surface area (Å²) >= 11 is 12.2. The molecule has 2 aromatic carbocycles. The zero-order valence-corrected chi connectivity index (χ0v) is 14.2. The molecule has 120 valence electrons. The van der Waals surface area contributed by atoms with Gasteiger partial charge in [-0.05, 0) is 23.3 Å². The van der Waals surface area contributed by atoms with Crippen molar-refractivity contribution >= 4 is 34.9 Å². The summed E-state index contributed by atoms with van der Waals surface area (Å²) in [6, 6.07) is 17.6. The lowest BCUT2D eigenvalue weighted by Crippen LogP contribution is -2.26. The quantitative estimate of drug-likeness (QED) is 0.821. The number of hydrogen-bond acceptors (Lipinski definition) is 2. The number of carboxylic acids is 1. The molecule has 23 heavy (non-hydrogen) atoms. The summed E-state index contributed by atoms with van der Waals surface area (Å²) in [6.07, 6.45) is 0.234. The van der Waals surface area contributed by atoms with Gasteiger partial charge in [0.2, 0.25) is 0 Å². The molecule has 5 heteroatoms. The molecule has 1 aliphatic rings. The highest BCUT2D eigenvalue weighted by Crippen LogP contribution is 2.65. The Morgan fingerprint density at radius 3 is 2.17 bits per heavy atom. The maximum Gasteiger partial charge on any atom is 0.317 e. The average molecular weight is 350 g/mol. The van der Waals surface area contributed by atoms with Gasteiger partial charge in [0.15, 0.2) is 0 Å². The number of benzene rings is 2. The van der Waals surface area contributed by atoms with Crippen LogP contribution in [-0.4, -0.2) is 22.5 Å². The molecule has 1 unspecified atom stereocenters. The number of hydrogen-bond donors (Lipinski definition) is 1. The van der Waals surface area contributed by atoms with E-state index >= 15 is 0 Å². The molecular formula is C18H17Cl2NO2. The van der Waals surface area contributed by atoms with Crippen LogP contribution in [0.5, 0.6) is 0 Å². The molecule has 1 aliphatic carbocycles. The molecule has 2 aromatic rings. The van der Waals surface area contributed by atoms with Crippen molar-refractivity contribution in [2.45, 2.75) is 22.7 Å². The van der Waals surface area contributed by atoms with E-state index < -0.39 is 15.7 Å². The molecule has 0 heterocycles. The minimum Gasteiger partial charge on any atom is -0.480 e. The molecule has 1 saturated carbocycles. The van der Waals surface area contributed by atoms with Gasteiger partial charge in [-0.1, -0.05) is 65.7 Å². The summed E-state index contributed by atoms with van der Waals surface area (Å²) in [5, 5.41) is 9.49. The fourth-order valence-electron chi connectivity index (χ4n) is 2.91. The van der Waals surface area contributed by atoms with Gasteiger partial charge >= 0.3 is 5.97 Å². The van der Waals surface area contributed by atoms with Gasteiger partial charge in [-0.25, -0.2) is 0 Å². The molecule has 1 atom stereocenters. The zero-order chi connectivity index (χ0) is 16.7. The van der Waals surface area contributed by atoms with Gasteiger partial charge in [0.05, 0.1) is 0 Å². The molecule has 3 nitrogen and oxygen atoms in total. The van der Waals surface area contributed by atoms with E-state index in [1.807, 2.05) is 37.4 Å². The third kappa shape index (κ3) is 2.79. The third-order valence-corrected chi connectivity index (χ3v) is 5.33. The van der Waals surface area contributed by atoms with Gasteiger partial charge in [0.1, 0.15) is 9.75 Å². The van der Waals surface area contributed by atoms with E-state index in [-0.39, 0.29) is 6.42 Å². The lowest BCUT2D eigenvalue weighted by atomic mass is 9.95. The average Bonchev–Trinajstić information content (AvgIpc) is 3.13. The number of rotatable bonds is 5. The molecule has 1 fully saturated rings. The van der Waals surface area contributed by atoms with Gasteiger partial charge < -0.3 is 10.0 Å². The summed E-state index contributed by atoms with van der Waals surface area (Å²) in [5.74, 6) is -0.979. The normalized spacial score (nSPS) is 21.7. The summed E-state index contributed by atoms with van der Waals surface area (Å²) in [5.41, 5.74) is 1.68. The van der Waals surface area contributed by atoms with Gasteiger partial charge in [0, 0.05) is 25.7 Å². The smallest absolute Gasteiger partial charge is 0.317 e. The van der Waals surface area contributed by atoms with Gasteiger partial charge in [-0.3, -0.25) is 4.79 Å². The first-order chi connectivity index (χ1) is 10.9. The number of carboxylic acid groups (broad SMARTS) is 1. The highest BCUT2D eigenvalue weighted by Gasteiger charge is 2.72. The van der Waals surface area contributed by atoms with Crippen LogP contribution in [0.25, 0.3) is 0 Å². The number of alkyl halides is 2. The van der Waals surface area contributed by atoms with Crippen LogP contribution in [0.3, 0.4) is 0 Å². The molecule has 0 amide bonds. The van der Waals surface area contributed by atoms with Gasteiger partial charge in [-0.15, -0.1) is 0 Å². The Hall–Kier alpha value is -1.71. The first kappa shape index (κ1) is 16.2. The van der Waals surface area contributed by atoms with Crippen molar-refractivity contribution in [1.29, 1.82) is 0 Å². The first-order valence-corrected chi connectivity index (χ1v) is 8.09. The fourth-order valence-corrected chi connectivity index (χ4v) is 3.69. The molecule has 0 bridgehead atoms. The van der Waals surface area contributed by atoms with Crippen LogP contribution < -0.4 is 4.90 Å². The van der Waals surface area contributed by atoms with E-state index in [2.05, 4.69) is 17.0 Å². The van der Waals surface area contributed by atoms with Gasteiger partial charge in [0.25, 0.3) is 0 Å². The minimum atomic E-state index is -1.23. The maximum absolute atomic E-state index is 11.6. The van der Waals surface area contributed by atoms with E-state index in [0.717, 1.165) is 12.2 Å². The van der Waals surface area contributed by atoms with Crippen LogP contribution in [-0.2, 0) is 16.8 Å². The number of anilines is 1. The van der Waals surface area contributed by atoms with Crippen molar-refractivity contribution in [2.75, 3.05) is 11.9 Å². The first-order valence-electron chi connectivity index (χ1n) is 7.34. The fraction of sp³-hybridized carbons (Fsp3) is 0.278. The van der Waals surface area contributed by atoms with Gasteiger partial charge in [-0.2, -0.15) is 0 Å². The molecular weight excluding hydrogens is 333 g/mol. The second-order valence-corrected chi connectivity index (χ2v) is 7.46. The number of halogens is 2. The second kappa shape index (κ2) is 5.73. The number of aliphatic carboxylic acids is 1. The predicted octanol–water partition coefficient (Wildman–Crippen LogP) is 4.22. The Labute approximate surface area is 145 Å². The van der Waals surface area contributed by atoms with Crippen LogP contribution in [0.15, 0.2) is 54.6 Å². The summed E-state index contributed by atoms with van der Waals surface area (Å²) in [6.45, 7) is 0.777. The highest BCUT2D eigenvalue weighted by molar-refractivity contribution is 6.54. The topological polar surface area (TPSA) is 40.5 Å². The van der Waals surface area contributed by atoms with Crippen molar-refractivity contribution < 1.29 is 9.90 Å². The van der Waals surface area contributed by atoms with E-state index in [0.29, 0.717) is 5.56 Å². The minimum absolute atomic E-state index is 0.234. The van der Waals surface area contributed by atoms with Crippen molar-refractivity contribution in [3.8, 4) is 0 Å². The Bertz CT molecular complexity index is 716. The predicted molar refractivity (Wildman–Crippen MR) is 93.4 cm³/mol. The Balaban J connectivity index is 1.79. The summed E-state index contributed by atoms with van der Waals surface area (Å²) in [7, 11) is 2.00. The Morgan fingerprint density at radius 1 is 1.13 bits per heavy atom. The molecule has 0 radical (unpaired) electrons. The molecule has 1 N–H and O–H groups in total. The van der Waals surface area contributed by atoms with Crippen molar-refractivity contribution in [3.05, 3.63) is 65.7 Å². The Kier molecular flexibility index (Phi) is 4.03. The van der Waals surface area contributed by atoms with E-state index in [1.165, 1.54) is 5.56 Å². The van der Waals surface area contributed by atoms with Crippen LogP contribution in [0.4, 0.5) is 5.69 Å². The van der Waals surface area contributed by atoms with Crippen molar-refractivity contribution in [1.82, 2.24) is 0 Å². The maximum atomic E-state index is 11.6. The second-order valence-electron chi connectivity index (χ2n) is 5.98. The highest BCUT2D eigenvalue weighted by atomic mass is 35.5. The van der Waals surface area contributed by atoms with Crippen LogP contribution in [0, 0.1) is 0 Å². The molecule has 0 saturated heterocycles. The number of nitrogens with zero attached hydrogens (tertiary/aromatic N) is 1. The van der Waals surface area contributed by atoms with E-state index in [1.54, 1.807) is 12.1 Å². The Morgan fingerprint density at radius 2 is 1.70 bits per heavy atom. The third-order valence-electron chi connectivity index (χ3n) is 4.42. The molecule has 0 spiro atoms. The van der Waals surface area contributed by atoms with Crippen molar-refractivity contribution in [2.24, 2.45) is 0 Å². The van der Waals surface area contributed by atoms with Crippen LogP contribution in [0.2, 0.25) is 0 Å². The summed E-state index contributed by atoms with van der Waals surface area (Å²) < 4.78 is -1.23. The van der Waals surface area contributed by atoms with Crippen LogP contribution in [0.1, 0.15) is 17.5 Å². The molecule has 0 aliphatic heterocycles. The van der Waals surface area contributed by atoms with Crippen molar-refractivity contribution in [3.63, 3.8) is 0 Å².